The van der Waals surface area contributed by atoms with Crippen molar-refractivity contribution in [3.63, 3.8) is 0 Å². The van der Waals surface area contributed by atoms with E-state index in [9.17, 15) is 14.9 Å². The number of hydrogen-bond donors (Lipinski definition) is 1. The Kier molecular flexibility index (Phi) is 8.21. The zero-order chi connectivity index (χ0) is 23.7. The first-order valence-electron chi connectivity index (χ1n) is 9.54. The van der Waals surface area contributed by atoms with E-state index < -0.39 is 5.97 Å². The van der Waals surface area contributed by atoms with Gasteiger partial charge in [-0.05, 0) is 34.4 Å². The number of allylic oxidation sites excluding steroid dienone is 3. The molecular weight excluding hydrogens is 402 g/mol. The number of aromatic nitrogens is 1. The largest absolute Gasteiger partial charge is 0.466 e. The molecule has 1 N–H and O–H groups in total. The molecule has 0 fully saturated rings. The van der Waals surface area contributed by atoms with Crippen molar-refractivity contribution in [1.29, 1.82) is 5.26 Å². The molecule has 6 heteroatoms. The Labute approximate surface area is 187 Å². The second-order valence-electron chi connectivity index (χ2n) is 6.68. The van der Waals surface area contributed by atoms with Gasteiger partial charge in [-0.2, -0.15) is 5.26 Å². The van der Waals surface area contributed by atoms with E-state index in [1.165, 1.54) is 13.2 Å². The van der Waals surface area contributed by atoms with Gasteiger partial charge in [-0.1, -0.05) is 56.7 Å². The molecule has 1 amide bonds. The number of carbonyl (C=O) groups excluding carboxylic acids is 2. The highest BCUT2D eigenvalue weighted by molar-refractivity contribution is 5.91. The third-order valence-electron chi connectivity index (χ3n) is 4.77. The maximum atomic E-state index is 12.6. The smallest absolute Gasteiger partial charge is 0.336 e. The van der Waals surface area contributed by atoms with Gasteiger partial charge >= 0.3 is 5.97 Å². The Bertz CT molecular complexity index is 1170. The van der Waals surface area contributed by atoms with Gasteiger partial charge in [0.05, 0.1) is 35.7 Å². The molecule has 0 atom stereocenters. The Balaban J connectivity index is 2.48. The summed E-state index contributed by atoms with van der Waals surface area (Å²) in [5.41, 5.74) is 4.14. The molecule has 0 saturated carbocycles. The Morgan fingerprint density at radius 1 is 1.19 bits per heavy atom. The van der Waals surface area contributed by atoms with Crippen LogP contribution in [0.25, 0.3) is 11.3 Å². The number of hydrogen-bond acceptors (Lipinski definition) is 5. The van der Waals surface area contributed by atoms with Crippen LogP contribution in [-0.2, 0) is 20.7 Å². The Morgan fingerprint density at radius 3 is 2.47 bits per heavy atom. The quantitative estimate of drug-likeness (QED) is 0.267. The van der Waals surface area contributed by atoms with Crippen LogP contribution < -0.4 is 5.32 Å². The molecule has 32 heavy (non-hydrogen) atoms. The lowest BCUT2D eigenvalue weighted by Gasteiger charge is -2.17. The van der Waals surface area contributed by atoms with Gasteiger partial charge in [-0.3, -0.25) is 9.78 Å². The Morgan fingerprint density at radius 2 is 1.91 bits per heavy atom. The summed E-state index contributed by atoms with van der Waals surface area (Å²) < 4.78 is 4.93. The lowest BCUT2D eigenvalue weighted by atomic mass is 9.94. The highest BCUT2D eigenvalue weighted by atomic mass is 16.5. The zero-order valence-corrected chi connectivity index (χ0v) is 17.9. The molecule has 0 saturated heterocycles. The maximum absolute atomic E-state index is 12.6. The third-order valence-corrected chi connectivity index (χ3v) is 4.77. The van der Waals surface area contributed by atoms with Gasteiger partial charge in [0.2, 0.25) is 6.41 Å². The molecule has 0 unspecified atom stereocenters. The van der Waals surface area contributed by atoms with E-state index >= 15 is 0 Å². The number of esters is 1. The second-order valence-corrected chi connectivity index (χ2v) is 6.68. The van der Waals surface area contributed by atoms with Crippen LogP contribution in [0.15, 0.2) is 103 Å². The number of carbonyl (C=O) groups is 2. The van der Waals surface area contributed by atoms with Gasteiger partial charge in [0.15, 0.2) is 0 Å². The van der Waals surface area contributed by atoms with E-state index in [2.05, 4.69) is 42.7 Å². The van der Waals surface area contributed by atoms with E-state index in [0.717, 1.165) is 0 Å². The topological polar surface area (TPSA) is 92.1 Å². The third kappa shape index (κ3) is 5.35. The minimum absolute atomic E-state index is 0.114. The summed E-state index contributed by atoms with van der Waals surface area (Å²) in [6.45, 7) is 15.3. The van der Waals surface area contributed by atoms with Crippen LogP contribution >= 0.6 is 0 Å². The van der Waals surface area contributed by atoms with Gasteiger partial charge < -0.3 is 10.1 Å². The van der Waals surface area contributed by atoms with Crippen molar-refractivity contribution < 1.29 is 14.3 Å². The molecule has 0 aliphatic carbocycles. The fourth-order valence-electron chi connectivity index (χ4n) is 2.97. The summed E-state index contributed by atoms with van der Waals surface area (Å²) in [5, 5.41) is 11.8. The molecule has 0 radical (unpaired) electrons. The van der Waals surface area contributed by atoms with E-state index in [1.807, 2.05) is 12.1 Å². The molecule has 1 heterocycles. The summed E-state index contributed by atoms with van der Waals surface area (Å²) >= 11 is 0. The molecule has 1 aromatic carbocycles. The normalized spacial score (nSPS) is 10.8. The van der Waals surface area contributed by atoms with E-state index in [1.54, 1.807) is 30.5 Å². The van der Waals surface area contributed by atoms with Crippen molar-refractivity contribution in [3.05, 3.63) is 114 Å². The average molecular weight is 425 g/mol. The van der Waals surface area contributed by atoms with Crippen LogP contribution in [-0.4, -0.2) is 24.5 Å². The van der Waals surface area contributed by atoms with Crippen molar-refractivity contribution >= 4 is 12.4 Å². The maximum Gasteiger partial charge on any atom is 0.336 e. The fraction of sp³-hybridized carbons (Fsp3) is 0.0769. The number of pyridine rings is 1. The van der Waals surface area contributed by atoms with Crippen molar-refractivity contribution in [3.8, 4) is 17.3 Å². The number of nitriles is 1. The molecule has 0 spiro atoms. The van der Waals surface area contributed by atoms with Gasteiger partial charge in [0, 0.05) is 18.2 Å². The highest BCUT2D eigenvalue weighted by Gasteiger charge is 2.21. The predicted octanol–water partition coefficient (Wildman–Crippen LogP) is 4.19. The molecule has 2 aromatic rings. The van der Waals surface area contributed by atoms with Crippen LogP contribution in [0.5, 0.6) is 0 Å². The van der Waals surface area contributed by atoms with E-state index in [4.69, 9.17) is 4.74 Å². The molecule has 6 nitrogen and oxygen atoms in total. The van der Waals surface area contributed by atoms with Gasteiger partial charge in [0.25, 0.3) is 0 Å². The fourth-order valence-corrected chi connectivity index (χ4v) is 2.97. The van der Waals surface area contributed by atoms with Gasteiger partial charge in [0.1, 0.15) is 0 Å². The predicted molar refractivity (Wildman–Crippen MR) is 124 cm³/mol. The van der Waals surface area contributed by atoms with Gasteiger partial charge in [-0.15, -0.1) is 0 Å². The minimum atomic E-state index is -0.633. The molecule has 0 bridgehead atoms. The minimum Gasteiger partial charge on any atom is -0.466 e. The van der Waals surface area contributed by atoms with E-state index in [-0.39, 0.29) is 17.7 Å². The summed E-state index contributed by atoms with van der Waals surface area (Å²) in [4.78, 5) is 28.3. The van der Waals surface area contributed by atoms with Gasteiger partial charge in [-0.25, -0.2) is 4.79 Å². The standard InChI is InChI=1S/C26H23N3O3/c1-6-17(2)18(3)19(4)25(29-16-30)23(26(31)32-5)13-20-11-12-24(28-15-20)22-10-8-7-9-21(22)14-27/h6-12,15-16H,1-4,13H2,5H3,(H,29,30)/b25-23-. The number of ether oxygens (including phenoxy) is 1. The number of nitrogens with zero attached hydrogens (tertiary/aromatic N) is 2. The van der Waals surface area contributed by atoms with Crippen LogP contribution in [0, 0.1) is 11.3 Å². The monoisotopic (exact) mass is 425 g/mol. The molecule has 2 rings (SSSR count). The van der Waals surface area contributed by atoms with Crippen LogP contribution in [0.1, 0.15) is 11.1 Å². The summed E-state index contributed by atoms with van der Waals surface area (Å²) in [6, 6.07) is 12.8. The first kappa shape index (κ1) is 23.8. The first-order chi connectivity index (χ1) is 15.4. The average Bonchev–Trinajstić information content (AvgIpc) is 2.84. The van der Waals surface area contributed by atoms with Crippen LogP contribution in [0.4, 0.5) is 0 Å². The second kappa shape index (κ2) is 11.0. The number of methoxy groups -OCH3 is 1. The van der Waals surface area contributed by atoms with Crippen molar-refractivity contribution in [2.45, 2.75) is 6.42 Å². The number of rotatable bonds is 10. The zero-order valence-electron chi connectivity index (χ0n) is 17.9. The number of amides is 1. The molecular formula is C26H23N3O3. The molecule has 160 valence electrons. The Hall–Kier alpha value is -4.50. The number of benzene rings is 1. The highest BCUT2D eigenvalue weighted by Crippen LogP contribution is 2.26. The summed E-state index contributed by atoms with van der Waals surface area (Å²) in [5.74, 6) is -0.633. The first-order valence-corrected chi connectivity index (χ1v) is 9.54. The van der Waals surface area contributed by atoms with Crippen molar-refractivity contribution in [2.24, 2.45) is 0 Å². The van der Waals surface area contributed by atoms with Crippen LogP contribution in [0.2, 0.25) is 0 Å². The lowest BCUT2D eigenvalue weighted by Crippen LogP contribution is -2.21. The summed E-state index contributed by atoms with van der Waals surface area (Å²) in [7, 11) is 1.25. The lowest BCUT2D eigenvalue weighted by molar-refractivity contribution is -0.136. The van der Waals surface area contributed by atoms with Crippen molar-refractivity contribution in [1.82, 2.24) is 10.3 Å². The molecule has 0 aliphatic rings. The number of nitrogens with one attached hydrogen (secondary N) is 1. The molecule has 1 aromatic heterocycles. The van der Waals surface area contributed by atoms with E-state index in [0.29, 0.717) is 45.5 Å². The van der Waals surface area contributed by atoms with Crippen LogP contribution in [0.3, 0.4) is 0 Å². The van der Waals surface area contributed by atoms with Crippen molar-refractivity contribution in [2.75, 3.05) is 7.11 Å². The SMILES string of the molecule is C=CC(=C)C(=C)C(=C)/C(NC=O)=C(\Cc1ccc(-c2ccccc2C#N)nc1)C(=O)OC. The molecule has 0 aliphatic heterocycles. The summed E-state index contributed by atoms with van der Waals surface area (Å²) in [6.07, 6.45) is 3.67.